The Balaban J connectivity index is 1.86. The average Bonchev–Trinajstić information content (AvgIpc) is 3.16. The van der Waals surface area contributed by atoms with Crippen LogP contribution < -0.4 is 0 Å². The molecule has 1 aliphatic carbocycles. The average molecular weight is 240 g/mol. The molecule has 0 aromatic heterocycles. The Kier molecular flexibility index (Phi) is 4.40. The van der Waals surface area contributed by atoms with E-state index >= 15 is 0 Å². The lowest BCUT2D eigenvalue weighted by Gasteiger charge is -2.38. The number of hydrogen-bond donors (Lipinski definition) is 0. The summed E-state index contributed by atoms with van der Waals surface area (Å²) < 4.78 is 4.95. The van der Waals surface area contributed by atoms with Crippen molar-refractivity contribution in [3.63, 3.8) is 0 Å². The lowest BCUT2D eigenvalue weighted by Crippen LogP contribution is -2.53. The quantitative estimate of drug-likeness (QED) is 0.670. The fourth-order valence-corrected chi connectivity index (χ4v) is 2.75. The van der Waals surface area contributed by atoms with E-state index in [4.69, 9.17) is 4.74 Å². The maximum Gasteiger partial charge on any atom is 0.323 e. The summed E-state index contributed by atoms with van der Waals surface area (Å²) in [5, 5.41) is 0. The fraction of sp³-hybridized carbons (Fsp3) is 0.923. The van der Waals surface area contributed by atoms with Gasteiger partial charge in [-0.3, -0.25) is 9.69 Å². The molecule has 1 unspecified atom stereocenters. The first kappa shape index (κ1) is 12.8. The van der Waals surface area contributed by atoms with Crippen LogP contribution in [0.15, 0.2) is 0 Å². The van der Waals surface area contributed by atoms with Crippen LogP contribution in [-0.4, -0.2) is 61.6 Å². The van der Waals surface area contributed by atoms with Gasteiger partial charge in [-0.1, -0.05) is 6.92 Å². The van der Waals surface area contributed by atoms with Gasteiger partial charge >= 0.3 is 5.97 Å². The molecule has 0 N–H and O–H groups in total. The number of rotatable bonds is 5. The molecular weight excluding hydrogens is 216 g/mol. The Labute approximate surface area is 104 Å². The van der Waals surface area contributed by atoms with Gasteiger partial charge in [-0.2, -0.15) is 0 Å². The molecular formula is C13H24N2O2. The van der Waals surface area contributed by atoms with Crippen molar-refractivity contribution in [2.45, 2.75) is 32.2 Å². The van der Waals surface area contributed by atoms with E-state index in [2.05, 4.69) is 16.7 Å². The van der Waals surface area contributed by atoms with Gasteiger partial charge in [0.15, 0.2) is 0 Å². The first-order chi connectivity index (χ1) is 8.26. The molecule has 1 atom stereocenters. The highest BCUT2D eigenvalue weighted by atomic mass is 16.5. The molecule has 0 spiro atoms. The molecule has 0 aromatic rings. The molecule has 17 heavy (non-hydrogen) atoms. The molecule has 0 radical (unpaired) electrons. The molecule has 2 rings (SSSR count). The second-order valence-electron chi connectivity index (χ2n) is 5.18. The van der Waals surface area contributed by atoms with Gasteiger partial charge in [-0.05, 0) is 31.7 Å². The molecule has 2 fully saturated rings. The van der Waals surface area contributed by atoms with Crippen molar-refractivity contribution in [1.82, 2.24) is 9.80 Å². The molecule has 4 heteroatoms. The van der Waals surface area contributed by atoms with Crippen LogP contribution in [-0.2, 0) is 9.53 Å². The van der Waals surface area contributed by atoms with E-state index in [-0.39, 0.29) is 12.0 Å². The third-order valence-electron chi connectivity index (χ3n) is 3.85. The van der Waals surface area contributed by atoms with Crippen molar-refractivity contribution in [3.8, 4) is 0 Å². The molecule has 0 aromatic carbocycles. The third kappa shape index (κ3) is 3.19. The summed E-state index contributed by atoms with van der Waals surface area (Å²) in [7, 11) is 1.51. The van der Waals surface area contributed by atoms with Crippen LogP contribution in [0.25, 0.3) is 0 Å². The molecule has 0 bridgehead atoms. The molecule has 0 amide bonds. The van der Waals surface area contributed by atoms with Gasteiger partial charge in [0.05, 0.1) is 7.11 Å². The van der Waals surface area contributed by atoms with Crippen molar-refractivity contribution >= 4 is 5.97 Å². The van der Waals surface area contributed by atoms with Crippen LogP contribution in [0, 0.1) is 5.92 Å². The van der Waals surface area contributed by atoms with E-state index in [9.17, 15) is 4.79 Å². The van der Waals surface area contributed by atoms with Gasteiger partial charge < -0.3 is 9.64 Å². The van der Waals surface area contributed by atoms with Crippen LogP contribution in [0.3, 0.4) is 0 Å². The van der Waals surface area contributed by atoms with E-state index in [0.717, 1.165) is 26.2 Å². The van der Waals surface area contributed by atoms with Gasteiger partial charge in [0, 0.05) is 26.2 Å². The van der Waals surface area contributed by atoms with Gasteiger partial charge in [-0.15, -0.1) is 0 Å². The standard InChI is InChI=1S/C13H24N2O2/c1-3-6-14-7-9-15(10-8-14)12(11-4-5-11)13(16)17-2/h11-12H,3-10H2,1-2H3. The Morgan fingerprint density at radius 2 is 1.94 bits per heavy atom. The molecule has 1 saturated heterocycles. The van der Waals surface area contributed by atoms with E-state index in [1.807, 2.05) is 0 Å². The number of carbonyl (C=O) groups is 1. The molecule has 1 saturated carbocycles. The summed E-state index contributed by atoms with van der Waals surface area (Å²) in [5.41, 5.74) is 0. The van der Waals surface area contributed by atoms with Crippen LogP contribution >= 0.6 is 0 Å². The fourth-order valence-electron chi connectivity index (χ4n) is 2.75. The summed E-state index contributed by atoms with van der Waals surface area (Å²) in [6, 6.07) is 0.0313. The Hall–Kier alpha value is -0.610. The Morgan fingerprint density at radius 1 is 1.29 bits per heavy atom. The second kappa shape index (κ2) is 5.83. The van der Waals surface area contributed by atoms with Gasteiger partial charge in [0.2, 0.25) is 0 Å². The molecule has 1 heterocycles. The smallest absolute Gasteiger partial charge is 0.323 e. The van der Waals surface area contributed by atoms with Crippen LogP contribution in [0.5, 0.6) is 0 Å². The predicted octanol–water partition coefficient (Wildman–Crippen LogP) is 0.966. The molecule has 98 valence electrons. The first-order valence-electron chi connectivity index (χ1n) is 6.80. The molecule has 2 aliphatic rings. The number of nitrogens with zero attached hydrogens (tertiary/aromatic N) is 2. The van der Waals surface area contributed by atoms with Crippen LogP contribution in [0.1, 0.15) is 26.2 Å². The minimum Gasteiger partial charge on any atom is -0.468 e. The minimum absolute atomic E-state index is 0.0311. The highest BCUT2D eigenvalue weighted by Crippen LogP contribution is 2.36. The zero-order valence-electron chi connectivity index (χ0n) is 11.0. The van der Waals surface area contributed by atoms with Crippen LogP contribution in [0.2, 0.25) is 0 Å². The molecule has 4 nitrogen and oxygen atoms in total. The van der Waals surface area contributed by atoms with Gasteiger partial charge in [0.25, 0.3) is 0 Å². The number of carbonyl (C=O) groups excluding carboxylic acids is 1. The maximum atomic E-state index is 11.8. The summed E-state index contributed by atoms with van der Waals surface area (Å²) in [6.07, 6.45) is 3.59. The van der Waals surface area contributed by atoms with Crippen molar-refractivity contribution in [3.05, 3.63) is 0 Å². The van der Waals surface area contributed by atoms with Crippen molar-refractivity contribution in [2.75, 3.05) is 39.8 Å². The summed E-state index contributed by atoms with van der Waals surface area (Å²) >= 11 is 0. The zero-order valence-corrected chi connectivity index (χ0v) is 11.0. The largest absolute Gasteiger partial charge is 0.468 e. The zero-order chi connectivity index (χ0) is 12.3. The number of esters is 1. The van der Waals surface area contributed by atoms with Crippen molar-refractivity contribution in [1.29, 1.82) is 0 Å². The predicted molar refractivity (Wildman–Crippen MR) is 66.8 cm³/mol. The normalized spacial score (nSPS) is 24.6. The summed E-state index contributed by atoms with van der Waals surface area (Å²) in [5.74, 6) is 0.525. The third-order valence-corrected chi connectivity index (χ3v) is 3.85. The topological polar surface area (TPSA) is 32.8 Å². The monoisotopic (exact) mass is 240 g/mol. The lowest BCUT2D eigenvalue weighted by atomic mass is 10.1. The lowest BCUT2D eigenvalue weighted by molar-refractivity contribution is -0.148. The Bertz CT molecular complexity index is 258. The van der Waals surface area contributed by atoms with Gasteiger partial charge in [0.1, 0.15) is 6.04 Å². The van der Waals surface area contributed by atoms with Crippen molar-refractivity contribution in [2.24, 2.45) is 5.92 Å². The van der Waals surface area contributed by atoms with E-state index in [0.29, 0.717) is 5.92 Å². The second-order valence-corrected chi connectivity index (χ2v) is 5.18. The summed E-state index contributed by atoms with van der Waals surface area (Å²) in [6.45, 7) is 7.60. The van der Waals surface area contributed by atoms with E-state index < -0.39 is 0 Å². The van der Waals surface area contributed by atoms with Crippen LogP contribution in [0.4, 0.5) is 0 Å². The highest BCUT2D eigenvalue weighted by Gasteiger charge is 2.41. The molecule has 1 aliphatic heterocycles. The number of methoxy groups -OCH3 is 1. The maximum absolute atomic E-state index is 11.8. The SMILES string of the molecule is CCCN1CCN(C(C(=O)OC)C2CC2)CC1. The van der Waals surface area contributed by atoms with Gasteiger partial charge in [-0.25, -0.2) is 0 Å². The van der Waals surface area contributed by atoms with E-state index in [1.54, 1.807) is 0 Å². The van der Waals surface area contributed by atoms with E-state index in [1.165, 1.54) is 32.9 Å². The number of ether oxygens (including phenoxy) is 1. The number of hydrogen-bond acceptors (Lipinski definition) is 4. The first-order valence-corrected chi connectivity index (χ1v) is 6.80. The minimum atomic E-state index is -0.0311. The highest BCUT2D eigenvalue weighted by molar-refractivity contribution is 5.76. The number of piperazine rings is 1. The van der Waals surface area contributed by atoms with Crippen molar-refractivity contribution < 1.29 is 9.53 Å². The summed E-state index contributed by atoms with van der Waals surface area (Å²) in [4.78, 5) is 16.6. The Morgan fingerprint density at radius 3 is 2.41 bits per heavy atom.